The Kier molecular flexibility index (Phi) is 6.64. The predicted octanol–water partition coefficient (Wildman–Crippen LogP) is 1.23. The summed E-state index contributed by atoms with van der Waals surface area (Å²) in [6.07, 6.45) is 6.50. The maximum absolute atomic E-state index is 13.0. The van der Waals surface area contributed by atoms with E-state index in [1.165, 1.54) is 12.1 Å². The van der Waals surface area contributed by atoms with Crippen molar-refractivity contribution in [3.8, 4) is 0 Å². The number of carbonyl (C=O) groups is 2. The largest absolute Gasteiger partial charge is 0.450 e. The number of carbonyl (C=O) groups excluding carboxylic acids is 2. The van der Waals surface area contributed by atoms with Crippen LogP contribution in [0.5, 0.6) is 0 Å². The van der Waals surface area contributed by atoms with Crippen molar-refractivity contribution < 1.29 is 35.6 Å². The quantitative estimate of drug-likeness (QED) is 0.539. The molecule has 10 nitrogen and oxygen atoms in total. The number of ether oxygens (including phenoxy) is 1. The van der Waals surface area contributed by atoms with E-state index in [9.17, 15) is 26.4 Å². The molecule has 2 heterocycles. The molecule has 1 N–H and O–H groups in total. The Morgan fingerprint density at radius 3 is 2.41 bits per heavy atom. The highest BCUT2D eigenvalue weighted by atomic mass is 32.2. The maximum Gasteiger partial charge on any atom is 0.374 e. The van der Waals surface area contributed by atoms with Crippen LogP contribution in [0.2, 0.25) is 0 Å². The number of nitrogens with zero attached hydrogens (tertiary/aromatic N) is 1. The zero-order valence-electron chi connectivity index (χ0n) is 17.7. The van der Waals surface area contributed by atoms with Gasteiger partial charge in [-0.3, -0.25) is 4.79 Å². The van der Waals surface area contributed by atoms with Crippen molar-refractivity contribution in [3.05, 3.63) is 17.9 Å². The van der Waals surface area contributed by atoms with E-state index in [0.717, 1.165) is 44.9 Å². The van der Waals surface area contributed by atoms with Gasteiger partial charge in [0.15, 0.2) is 16.4 Å². The van der Waals surface area contributed by atoms with Gasteiger partial charge >= 0.3 is 5.97 Å². The Hall–Kier alpha value is -1.92. The lowest BCUT2D eigenvalue weighted by Crippen LogP contribution is -2.50. The van der Waals surface area contributed by atoms with Crippen molar-refractivity contribution in [2.24, 2.45) is 0 Å². The fourth-order valence-electron chi connectivity index (χ4n) is 4.39. The molecule has 4 rings (SSSR count). The summed E-state index contributed by atoms with van der Waals surface area (Å²) in [5.74, 6) is -1.74. The lowest BCUT2D eigenvalue weighted by molar-refractivity contribution is -0.140. The van der Waals surface area contributed by atoms with E-state index in [0.29, 0.717) is 6.42 Å². The SMILES string of the molecule is O=C(OCC(=O)N(C1CCCCC1)C1CCS(=O)(=O)C1)c1ccc(S(=O)(=O)NC2CC2)o1. The van der Waals surface area contributed by atoms with Crippen molar-refractivity contribution in [1.29, 1.82) is 0 Å². The average molecular weight is 489 g/mol. The van der Waals surface area contributed by atoms with Gasteiger partial charge in [-0.15, -0.1) is 0 Å². The number of sulfonamides is 1. The van der Waals surface area contributed by atoms with Crippen LogP contribution in [0.3, 0.4) is 0 Å². The summed E-state index contributed by atoms with van der Waals surface area (Å²) < 4.78 is 61.0. The Balaban J connectivity index is 1.39. The Morgan fingerprint density at radius 1 is 1.06 bits per heavy atom. The molecule has 0 aromatic carbocycles. The van der Waals surface area contributed by atoms with Gasteiger partial charge in [-0.05, 0) is 44.2 Å². The lowest BCUT2D eigenvalue weighted by atomic mass is 9.93. The first kappa shape index (κ1) is 23.2. The summed E-state index contributed by atoms with van der Waals surface area (Å²) >= 11 is 0. The number of hydrogen-bond acceptors (Lipinski definition) is 8. The van der Waals surface area contributed by atoms with Gasteiger partial charge in [0.05, 0.1) is 11.5 Å². The van der Waals surface area contributed by atoms with Crippen molar-refractivity contribution in [2.75, 3.05) is 18.1 Å². The summed E-state index contributed by atoms with van der Waals surface area (Å²) in [6.45, 7) is -0.561. The molecule has 1 unspecified atom stereocenters. The van der Waals surface area contributed by atoms with Crippen LogP contribution in [0.4, 0.5) is 0 Å². The van der Waals surface area contributed by atoms with E-state index in [1.54, 1.807) is 4.90 Å². The molecule has 178 valence electrons. The smallest absolute Gasteiger partial charge is 0.374 e. The van der Waals surface area contributed by atoms with Crippen molar-refractivity contribution in [1.82, 2.24) is 9.62 Å². The van der Waals surface area contributed by atoms with E-state index >= 15 is 0 Å². The summed E-state index contributed by atoms with van der Waals surface area (Å²) in [7, 11) is -7.03. The molecule has 32 heavy (non-hydrogen) atoms. The zero-order chi connectivity index (χ0) is 22.9. The lowest BCUT2D eigenvalue weighted by Gasteiger charge is -2.38. The molecular formula is C20H28N2O8S2. The first-order chi connectivity index (χ1) is 15.1. The molecule has 3 fully saturated rings. The minimum atomic E-state index is -3.85. The summed E-state index contributed by atoms with van der Waals surface area (Å²) in [6, 6.07) is 1.77. The van der Waals surface area contributed by atoms with Gasteiger partial charge < -0.3 is 14.1 Å². The molecule has 1 aromatic rings. The van der Waals surface area contributed by atoms with Crippen molar-refractivity contribution in [2.45, 2.75) is 74.6 Å². The fraction of sp³-hybridized carbons (Fsp3) is 0.700. The molecular weight excluding hydrogens is 460 g/mol. The number of sulfone groups is 1. The van der Waals surface area contributed by atoms with Crippen LogP contribution in [0.1, 0.15) is 61.9 Å². The second-order valence-electron chi connectivity index (χ2n) is 8.74. The molecule has 3 aliphatic rings. The van der Waals surface area contributed by atoms with Crippen molar-refractivity contribution in [3.63, 3.8) is 0 Å². The molecule has 1 atom stereocenters. The summed E-state index contributed by atoms with van der Waals surface area (Å²) in [5, 5.41) is -0.386. The third-order valence-corrected chi connectivity index (χ3v) is 9.27. The monoisotopic (exact) mass is 488 g/mol. The molecule has 0 radical (unpaired) electrons. The number of esters is 1. The Labute approximate surface area is 187 Å². The van der Waals surface area contributed by atoms with Crippen LogP contribution < -0.4 is 4.72 Å². The number of hydrogen-bond donors (Lipinski definition) is 1. The maximum atomic E-state index is 13.0. The molecule has 2 saturated carbocycles. The van der Waals surface area contributed by atoms with Gasteiger partial charge in [-0.2, -0.15) is 0 Å². The van der Waals surface area contributed by atoms with E-state index in [4.69, 9.17) is 9.15 Å². The topological polar surface area (TPSA) is 140 Å². The molecule has 12 heteroatoms. The summed E-state index contributed by atoms with van der Waals surface area (Å²) in [4.78, 5) is 26.9. The van der Waals surface area contributed by atoms with Gasteiger partial charge in [0, 0.05) is 18.1 Å². The highest BCUT2D eigenvalue weighted by molar-refractivity contribution is 7.91. The molecule has 2 aliphatic carbocycles. The number of nitrogens with one attached hydrogen (secondary N) is 1. The highest BCUT2D eigenvalue weighted by Crippen LogP contribution is 2.29. The van der Waals surface area contributed by atoms with Gasteiger partial charge in [0.25, 0.3) is 15.9 Å². The highest BCUT2D eigenvalue weighted by Gasteiger charge is 2.39. The molecule has 0 spiro atoms. The fourth-order valence-corrected chi connectivity index (χ4v) is 7.33. The molecule has 1 aromatic heterocycles. The minimum absolute atomic E-state index is 0.0481. The standard InChI is InChI=1S/C20H28N2O8S2/c23-18(22(15-4-2-1-3-5-15)16-10-11-31(25,26)13-16)12-29-20(24)17-8-9-19(30-17)32(27,28)21-14-6-7-14/h8-9,14-16,21H,1-7,10-13H2. The van der Waals surface area contributed by atoms with Crippen molar-refractivity contribution >= 4 is 31.7 Å². The van der Waals surface area contributed by atoms with Gasteiger partial charge in [-0.25, -0.2) is 26.4 Å². The van der Waals surface area contributed by atoms with E-state index in [2.05, 4.69) is 4.72 Å². The van der Waals surface area contributed by atoms with Crippen LogP contribution in [0.15, 0.2) is 21.6 Å². The van der Waals surface area contributed by atoms with E-state index in [-0.39, 0.29) is 34.4 Å². The van der Waals surface area contributed by atoms with Crippen LogP contribution >= 0.6 is 0 Å². The second kappa shape index (κ2) is 9.14. The van der Waals surface area contributed by atoms with Crippen LogP contribution in [-0.2, 0) is 29.4 Å². The molecule has 1 aliphatic heterocycles. The third kappa shape index (κ3) is 5.52. The number of rotatable bonds is 8. The number of furan rings is 1. The minimum Gasteiger partial charge on any atom is -0.450 e. The normalized spacial score (nSPS) is 23.7. The van der Waals surface area contributed by atoms with Crippen LogP contribution in [0, 0.1) is 0 Å². The first-order valence-electron chi connectivity index (χ1n) is 11.0. The second-order valence-corrected chi connectivity index (χ2v) is 12.6. The van der Waals surface area contributed by atoms with E-state index in [1.807, 2.05) is 0 Å². The van der Waals surface area contributed by atoms with Gasteiger partial charge in [-0.1, -0.05) is 19.3 Å². The zero-order valence-corrected chi connectivity index (χ0v) is 19.3. The molecule has 1 saturated heterocycles. The average Bonchev–Trinajstić information content (AvgIpc) is 3.25. The van der Waals surface area contributed by atoms with Gasteiger partial charge in [0.2, 0.25) is 10.9 Å². The molecule has 1 amide bonds. The van der Waals surface area contributed by atoms with E-state index < -0.39 is 44.4 Å². The van der Waals surface area contributed by atoms with Gasteiger partial charge in [0.1, 0.15) is 0 Å². The molecule has 0 bridgehead atoms. The number of amides is 1. The van der Waals surface area contributed by atoms with Crippen LogP contribution in [-0.4, -0.2) is 69.9 Å². The predicted molar refractivity (Wildman–Crippen MR) is 113 cm³/mol. The van der Waals surface area contributed by atoms with Crippen LogP contribution in [0.25, 0.3) is 0 Å². The summed E-state index contributed by atoms with van der Waals surface area (Å²) in [5.41, 5.74) is 0. The Bertz CT molecular complexity index is 1070. The third-order valence-electron chi connectivity index (χ3n) is 6.13. The Morgan fingerprint density at radius 2 is 1.78 bits per heavy atom. The first-order valence-corrected chi connectivity index (χ1v) is 14.3.